The van der Waals surface area contributed by atoms with Gasteiger partial charge in [-0.2, -0.15) is 0 Å². The van der Waals surface area contributed by atoms with E-state index in [1.165, 1.54) is 0 Å². The Morgan fingerprint density at radius 1 is 0.695 bits per heavy atom. The van der Waals surface area contributed by atoms with E-state index in [9.17, 15) is 69.1 Å². The molecule has 7 atom stereocenters. The zero-order chi connectivity index (χ0) is 44.8. The van der Waals surface area contributed by atoms with Crippen LogP contribution in [0.15, 0.2) is 12.2 Å². The number of nitrogens with two attached hydrogens (primary N) is 2. The smallest absolute Gasteiger partial charge is 0.335 e. The van der Waals surface area contributed by atoms with E-state index in [0.717, 1.165) is 19.3 Å². The number of unbranched alkanes of at least 4 members (excludes halogenated alkanes) is 4. The quantitative estimate of drug-likeness (QED) is 0.00952. The number of allylic oxidation sites excluding steroid dienone is 2. The zero-order valence-corrected chi connectivity index (χ0v) is 33.6. The number of aliphatic carboxylic acids is 1. The summed E-state index contributed by atoms with van der Waals surface area (Å²) in [5, 5.41) is 73.4. The van der Waals surface area contributed by atoms with Crippen molar-refractivity contribution in [3.8, 4) is 0 Å². The first-order valence-electron chi connectivity index (χ1n) is 19.6. The van der Waals surface area contributed by atoms with Crippen LogP contribution in [-0.4, -0.2) is 165 Å². The van der Waals surface area contributed by atoms with Crippen LogP contribution in [0.1, 0.15) is 84.0 Å². The molecule has 23 nitrogen and oxygen atoms in total. The van der Waals surface area contributed by atoms with Gasteiger partial charge in [0.1, 0.15) is 24.2 Å². The molecule has 0 bridgehead atoms. The number of carbonyl (C=O) groups is 8. The van der Waals surface area contributed by atoms with Gasteiger partial charge in [0.2, 0.25) is 41.9 Å². The van der Waals surface area contributed by atoms with Crippen LogP contribution in [0, 0.1) is 0 Å². The van der Waals surface area contributed by atoms with Crippen LogP contribution in [-0.2, 0) is 38.4 Å². The Balaban J connectivity index is 5.73. The third-order valence-electron chi connectivity index (χ3n) is 8.70. The average molecular weight is 848 g/mol. The monoisotopic (exact) mass is 847 g/mol. The van der Waals surface area contributed by atoms with Gasteiger partial charge in [-0.3, -0.25) is 38.8 Å². The third kappa shape index (κ3) is 23.4. The summed E-state index contributed by atoms with van der Waals surface area (Å²) in [4.78, 5) is 100. The van der Waals surface area contributed by atoms with Gasteiger partial charge in [0.05, 0.1) is 31.8 Å². The molecule has 0 aliphatic carbocycles. The summed E-state index contributed by atoms with van der Waals surface area (Å²) in [5.41, 5.74) is 11.1. The number of aliphatic hydroxyl groups is 4. The van der Waals surface area contributed by atoms with Crippen molar-refractivity contribution in [2.75, 3.05) is 39.4 Å². The maximum atomic E-state index is 13.4. The van der Waals surface area contributed by atoms with Crippen molar-refractivity contribution in [3.63, 3.8) is 0 Å². The minimum Gasteiger partial charge on any atom is -0.479 e. The van der Waals surface area contributed by atoms with E-state index in [1.54, 1.807) is 0 Å². The van der Waals surface area contributed by atoms with Crippen molar-refractivity contribution in [1.82, 2.24) is 37.0 Å². The lowest BCUT2D eigenvalue weighted by Crippen LogP contribution is -2.62. The van der Waals surface area contributed by atoms with Gasteiger partial charge in [-0.15, -0.1) is 0 Å². The Kier molecular flexibility index (Phi) is 29.5. The first-order chi connectivity index (χ1) is 28.1. The Morgan fingerprint density at radius 3 is 1.90 bits per heavy atom. The molecule has 7 amide bonds. The van der Waals surface area contributed by atoms with Gasteiger partial charge in [-0.1, -0.05) is 31.9 Å². The molecule has 338 valence electrons. The van der Waals surface area contributed by atoms with Crippen molar-refractivity contribution in [1.29, 1.82) is 0 Å². The number of amides is 7. The van der Waals surface area contributed by atoms with Crippen LogP contribution in [0.4, 0.5) is 0 Å². The summed E-state index contributed by atoms with van der Waals surface area (Å²) < 4.78 is 0. The molecule has 0 aliphatic heterocycles. The summed E-state index contributed by atoms with van der Waals surface area (Å²) in [6, 6.07) is -8.29. The number of hydrogen-bond acceptors (Lipinski definition) is 15. The second-order valence-electron chi connectivity index (χ2n) is 13.6. The molecule has 0 aliphatic rings. The maximum Gasteiger partial charge on any atom is 0.335 e. The Morgan fingerprint density at radius 2 is 1.32 bits per heavy atom. The van der Waals surface area contributed by atoms with Crippen molar-refractivity contribution in [2.24, 2.45) is 11.5 Å². The molecule has 0 radical (unpaired) electrons. The molecule has 0 heterocycles. The molecular weight excluding hydrogens is 782 g/mol. The lowest BCUT2D eigenvalue weighted by atomic mass is 10.1. The lowest BCUT2D eigenvalue weighted by molar-refractivity contribution is -0.152. The molecule has 0 aromatic carbocycles. The highest BCUT2D eigenvalue weighted by Crippen LogP contribution is 2.07. The molecule has 0 aromatic rings. The zero-order valence-electron chi connectivity index (χ0n) is 33.6. The van der Waals surface area contributed by atoms with E-state index in [4.69, 9.17) is 11.5 Å². The predicted molar refractivity (Wildman–Crippen MR) is 209 cm³/mol. The van der Waals surface area contributed by atoms with E-state index < -0.39 is 103 Å². The fraction of sp³-hybridized carbons (Fsp3) is 0.722. The van der Waals surface area contributed by atoms with Crippen molar-refractivity contribution < 1.29 is 69.1 Å². The molecule has 0 unspecified atom stereocenters. The standard InChI is InChI=1S/C36H65N9O14/c1-2-3-4-5-6-7-8-13-28(50)40-25(20-46)27(49)19-29(51)41-26(21-47)34(55)44-30(31(52)36(57)58)35(56)43-24(14-16-38)33(54)42-23(12-11-18-45(59)22-48)32(53)39-17-10-9-15-37/h5-6,22-27,30-31,46-47,49,52,59H,2-4,7-21,37-38H2,1H3,(H,39,53)(H,40,50)(H,41,51)(H,42,54)(H,43,56)(H,44,55)(H,57,58)/b6-5-/t23-,24-,25-,26-,27-,30-,31+/m0/s1. The van der Waals surface area contributed by atoms with Gasteiger partial charge in [0.15, 0.2) is 6.10 Å². The van der Waals surface area contributed by atoms with Crippen molar-refractivity contribution >= 4 is 47.8 Å². The lowest BCUT2D eigenvalue weighted by Gasteiger charge is -2.27. The van der Waals surface area contributed by atoms with Crippen LogP contribution in [0.5, 0.6) is 0 Å². The van der Waals surface area contributed by atoms with Crippen LogP contribution in [0.25, 0.3) is 0 Å². The topological polar surface area (TPSA) is 385 Å². The summed E-state index contributed by atoms with van der Waals surface area (Å²) in [5.74, 6) is -7.96. The summed E-state index contributed by atoms with van der Waals surface area (Å²) in [6.07, 6.45) is 4.10. The number of hydrogen-bond donors (Lipinski definition) is 14. The minimum absolute atomic E-state index is 0.0425. The predicted octanol–water partition coefficient (Wildman–Crippen LogP) is -4.66. The van der Waals surface area contributed by atoms with Gasteiger partial charge in [-0.25, -0.2) is 9.86 Å². The molecule has 59 heavy (non-hydrogen) atoms. The first-order valence-corrected chi connectivity index (χ1v) is 19.6. The molecule has 0 saturated heterocycles. The van der Waals surface area contributed by atoms with E-state index in [2.05, 4.69) is 33.5 Å². The third-order valence-corrected chi connectivity index (χ3v) is 8.70. The highest BCUT2D eigenvalue weighted by atomic mass is 16.5. The van der Waals surface area contributed by atoms with Crippen molar-refractivity contribution in [2.45, 2.75) is 126 Å². The van der Waals surface area contributed by atoms with E-state index in [0.29, 0.717) is 37.3 Å². The molecule has 0 aromatic heterocycles. The summed E-state index contributed by atoms with van der Waals surface area (Å²) in [7, 11) is 0. The second kappa shape index (κ2) is 32.1. The van der Waals surface area contributed by atoms with Gasteiger partial charge in [0.25, 0.3) is 0 Å². The number of carbonyl (C=O) groups excluding carboxylic acids is 7. The molecule has 0 spiro atoms. The average Bonchev–Trinajstić information content (AvgIpc) is 3.20. The van der Waals surface area contributed by atoms with Gasteiger partial charge in [-0.05, 0) is 64.5 Å². The van der Waals surface area contributed by atoms with Crippen LogP contribution in [0.3, 0.4) is 0 Å². The highest BCUT2D eigenvalue weighted by Gasteiger charge is 2.38. The van der Waals surface area contributed by atoms with Crippen molar-refractivity contribution in [3.05, 3.63) is 12.2 Å². The van der Waals surface area contributed by atoms with E-state index >= 15 is 0 Å². The number of aliphatic hydroxyl groups excluding tert-OH is 4. The Labute approximate surface area is 343 Å². The molecule has 0 saturated carbocycles. The molecular formula is C36H65N9O14. The number of nitrogens with zero attached hydrogens (tertiary/aromatic N) is 1. The first kappa shape index (κ1) is 54.2. The summed E-state index contributed by atoms with van der Waals surface area (Å²) >= 11 is 0. The number of carboxylic acid groups (broad SMARTS) is 1. The van der Waals surface area contributed by atoms with E-state index in [-0.39, 0.29) is 51.7 Å². The van der Waals surface area contributed by atoms with Gasteiger partial charge >= 0.3 is 5.97 Å². The van der Waals surface area contributed by atoms with Gasteiger partial charge in [0, 0.05) is 19.5 Å². The number of carboxylic acids is 1. The van der Waals surface area contributed by atoms with E-state index in [1.807, 2.05) is 17.5 Å². The fourth-order valence-electron chi connectivity index (χ4n) is 5.30. The van der Waals surface area contributed by atoms with Crippen LogP contribution >= 0.6 is 0 Å². The summed E-state index contributed by atoms with van der Waals surface area (Å²) in [6.45, 7) is 0.362. The molecule has 23 heteroatoms. The van der Waals surface area contributed by atoms with Crippen LogP contribution < -0.4 is 43.4 Å². The number of nitrogens with one attached hydrogen (secondary N) is 6. The molecule has 0 rings (SSSR count). The number of rotatable bonds is 34. The van der Waals surface area contributed by atoms with Crippen LogP contribution in [0.2, 0.25) is 0 Å². The highest BCUT2D eigenvalue weighted by molar-refractivity contribution is 5.98. The number of hydroxylamine groups is 2. The largest absolute Gasteiger partial charge is 0.479 e. The molecule has 0 fully saturated rings. The van der Waals surface area contributed by atoms with Gasteiger partial charge < -0.3 is 68.9 Å². The minimum atomic E-state index is -2.63. The fourth-order valence-corrected chi connectivity index (χ4v) is 5.30. The second-order valence-corrected chi connectivity index (χ2v) is 13.6. The maximum absolute atomic E-state index is 13.4. The Bertz CT molecular complexity index is 1340. The SMILES string of the molecule is CCCC/C=C\CCCC(=O)N[C@@H](CO)[C@@H](O)CC(=O)N[C@@H](CO)C(=O)N[C@H](C(=O)N[C@@H](CCN)C(=O)N[C@@H](CCCN(O)C=O)C(=O)NCCCCN)[C@@H](O)C(=O)O. The normalized spacial score (nSPS) is 14.7. The Hall–Kier alpha value is -4.78. The molecule has 16 N–H and O–H groups in total.